The highest BCUT2D eigenvalue weighted by Gasteiger charge is 2.30. The van der Waals surface area contributed by atoms with Gasteiger partial charge in [0.25, 0.3) is 5.56 Å². The summed E-state index contributed by atoms with van der Waals surface area (Å²) in [5.74, 6) is -0.496. The molecule has 26 heavy (non-hydrogen) atoms. The average Bonchev–Trinajstić information content (AvgIpc) is 2.86. The molecule has 3 aromatic rings. The number of rotatable bonds is 4. The summed E-state index contributed by atoms with van der Waals surface area (Å²) >= 11 is 0. The molecular weight excluding hydrogens is 353 g/mol. The molecule has 0 bridgehead atoms. The third-order valence-electron chi connectivity index (χ3n) is 3.61. The minimum Gasteiger partial charge on any atom is -0.368 e. The monoisotopic (exact) mass is 366 g/mol. The fraction of sp³-hybridized carbons (Fsp3) is 0.200. The normalized spacial score (nSPS) is 11.7. The second-order valence-electron chi connectivity index (χ2n) is 5.51. The number of amides is 1. The predicted octanol–water partition coefficient (Wildman–Crippen LogP) is 1.38. The van der Waals surface area contributed by atoms with Gasteiger partial charge in [0, 0.05) is 12.7 Å². The van der Waals surface area contributed by atoms with Crippen LogP contribution in [0.3, 0.4) is 0 Å². The van der Waals surface area contributed by atoms with E-state index in [0.29, 0.717) is 5.69 Å². The molecule has 1 amide bonds. The number of fused-ring (bicyclic) bond motifs is 1. The minimum atomic E-state index is -4.43. The van der Waals surface area contributed by atoms with E-state index in [4.69, 9.17) is 5.73 Å². The second-order valence-corrected chi connectivity index (χ2v) is 5.51. The Morgan fingerprint density at radius 1 is 1.27 bits per heavy atom. The lowest BCUT2D eigenvalue weighted by molar-refractivity contribution is -0.137. The van der Waals surface area contributed by atoms with Crippen molar-refractivity contribution in [2.45, 2.75) is 12.7 Å². The molecule has 0 saturated heterocycles. The summed E-state index contributed by atoms with van der Waals surface area (Å²) in [5.41, 5.74) is 4.49. The average molecular weight is 366 g/mol. The summed E-state index contributed by atoms with van der Waals surface area (Å²) in [6.07, 6.45) is -3.27. The molecule has 8 nitrogen and oxygen atoms in total. The molecule has 0 atom stereocenters. The van der Waals surface area contributed by atoms with Crippen molar-refractivity contribution >= 4 is 28.4 Å². The highest BCUT2D eigenvalue weighted by atomic mass is 19.4. The molecule has 0 aliphatic heterocycles. The summed E-state index contributed by atoms with van der Waals surface area (Å²) in [6.45, 7) is -0.325. The number of hydrogen-bond acceptors (Lipinski definition) is 5. The maximum Gasteiger partial charge on any atom is 0.416 e. The van der Waals surface area contributed by atoms with Gasteiger partial charge >= 0.3 is 6.18 Å². The molecule has 2 heterocycles. The number of carbonyl (C=O) groups is 1. The number of benzene rings is 1. The van der Waals surface area contributed by atoms with Gasteiger partial charge in [-0.2, -0.15) is 18.3 Å². The molecule has 0 aliphatic rings. The smallest absolute Gasteiger partial charge is 0.368 e. The quantitative estimate of drug-likeness (QED) is 0.725. The molecule has 3 rings (SSSR count). The molecule has 0 fully saturated rings. The van der Waals surface area contributed by atoms with E-state index in [1.54, 1.807) is 0 Å². The summed E-state index contributed by atoms with van der Waals surface area (Å²) < 4.78 is 40.2. The van der Waals surface area contributed by atoms with Gasteiger partial charge in [0.1, 0.15) is 12.1 Å². The van der Waals surface area contributed by atoms with Gasteiger partial charge in [-0.25, -0.2) is 4.98 Å². The van der Waals surface area contributed by atoms with E-state index in [1.165, 1.54) is 23.9 Å². The fourth-order valence-electron chi connectivity index (χ4n) is 2.43. The Bertz CT molecular complexity index is 1040. The van der Waals surface area contributed by atoms with Crippen LogP contribution in [0.15, 0.2) is 35.4 Å². The molecule has 0 unspecified atom stereocenters. The van der Waals surface area contributed by atoms with Crippen LogP contribution < -0.4 is 16.6 Å². The third kappa shape index (κ3) is 3.23. The molecule has 2 aromatic heterocycles. The van der Waals surface area contributed by atoms with Crippen LogP contribution in [0.4, 0.5) is 24.7 Å². The van der Waals surface area contributed by atoms with Crippen LogP contribution in [0.5, 0.6) is 0 Å². The van der Waals surface area contributed by atoms with Crippen molar-refractivity contribution in [2.24, 2.45) is 12.8 Å². The van der Waals surface area contributed by atoms with Crippen LogP contribution in [0.1, 0.15) is 5.56 Å². The SMILES string of the molecule is Cn1nc(Nc2ccc(C(F)(F)F)cc2)c2ncn(CC(N)=O)c(=O)c21. The highest BCUT2D eigenvalue weighted by molar-refractivity contribution is 5.87. The van der Waals surface area contributed by atoms with E-state index in [1.807, 2.05) is 0 Å². The molecular formula is C15H13F3N6O2. The zero-order valence-electron chi connectivity index (χ0n) is 13.4. The molecule has 0 aliphatic carbocycles. The van der Waals surface area contributed by atoms with E-state index < -0.39 is 23.2 Å². The Hall–Kier alpha value is -3.37. The van der Waals surface area contributed by atoms with Crippen LogP contribution in [-0.4, -0.2) is 25.2 Å². The van der Waals surface area contributed by atoms with Crippen molar-refractivity contribution in [2.75, 3.05) is 5.32 Å². The van der Waals surface area contributed by atoms with Crippen molar-refractivity contribution < 1.29 is 18.0 Å². The number of nitrogens with one attached hydrogen (secondary N) is 1. The fourth-order valence-corrected chi connectivity index (χ4v) is 2.43. The summed E-state index contributed by atoms with van der Waals surface area (Å²) in [7, 11) is 1.51. The standard InChI is InChI=1S/C15H13F3N6O2/c1-23-12-11(20-7-24(14(12)26)6-10(19)25)13(22-23)21-9-4-2-8(3-5-9)15(16,17)18/h2-5,7H,6H2,1H3,(H2,19,25)(H,21,22). The summed E-state index contributed by atoms with van der Waals surface area (Å²) in [5, 5.41) is 6.96. The number of nitrogens with two attached hydrogens (primary N) is 1. The van der Waals surface area contributed by atoms with Crippen LogP contribution >= 0.6 is 0 Å². The lowest BCUT2D eigenvalue weighted by Crippen LogP contribution is -2.28. The zero-order chi connectivity index (χ0) is 19.1. The zero-order valence-corrected chi connectivity index (χ0v) is 13.4. The first kappa shape index (κ1) is 17.5. The first-order valence-corrected chi connectivity index (χ1v) is 7.31. The lowest BCUT2D eigenvalue weighted by atomic mass is 10.2. The van der Waals surface area contributed by atoms with Crippen molar-refractivity contribution in [3.8, 4) is 0 Å². The van der Waals surface area contributed by atoms with E-state index >= 15 is 0 Å². The number of nitrogens with zero attached hydrogens (tertiary/aromatic N) is 4. The predicted molar refractivity (Wildman–Crippen MR) is 86.7 cm³/mol. The maximum atomic E-state index is 12.6. The number of primary amides is 1. The van der Waals surface area contributed by atoms with Crippen LogP contribution in [0.2, 0.25) is 0 Å². The number of carbonyl (C=O) groups excluding carboxylic acids is 1. The number of alkyl halides is 3. The van der Waals surface area contributed by atoms with Crippen LogP contribution in [-0.2, 0) is 24.6 Å². The summed E-state index contributed by atoms with van der Waals surface area (Å²) in [4.78, 5) is 27.5. The van der Waals surface area contributed by atoms with E-state index in [-0.39, 0.29) is 23.4 Å². The van der Waals surface area contributed by atoms with E-state index in [2.05, 4.69) is 15.4 Å². The van der Waals surface area contributed by atoms with E-state index in [0.717, 1.165) is 23.0 Å². The van der Waals surface area contributed by atoms with Gasteiger partial charge < -0.3 is 11.1 Å². The van der Waals surface area contributed by atoms with Crippen molar-refractivity contribution in [3.05, 3.63) is 46.5 Å². The molecule has 11 heteroatoms. The van der Waals surface area contributed by atoms with Crippen molar-refractivity contribution in [1.29, 1.82) is 0 Å². The van der Waals surface area contributed by atoms with Crippen molar-refractivity contribution in [1.82, 2.24) is 19.3 Å². The highest BCUT2D eigenvalue weighted by Crippen LogP contribution is 2.30. The van der Waals surface area contributed by atoms with Crippen LogP contribution in [0.25, 0.3) is 11.0 Å². The van der Waals surface area contributed by atoms with Gasteiger partial charge in [-0.15, -0.1) is 0 Å². The Morgan fingerprint density at radius 3 is 2.50 bits per heavy atom. The summed E-state index contributed by atoms with van der Waals surface area (Å²) in [6, 6.07) is 4.36. The topological polar surface area (TPSA) is 108 Å². The van der Waals surface area contributed by atoms with E-state index in [9.17, 15) is 22.8 Å². The van der Waals surface area contributed by atoms with Gasteiger partial charge in [-0.1, -0.05) is 0 Å². The van der Waals surface area contributed by atoms with Gasteiger partial charge in [0.15, 0.2) is 11.3 Å². The number of halogens is 3. The Balaban J connectivity index is 1.98. The first-order chi connectivity index (χ1) is 12.2. The lowest BCUT2D eigenvalue weighted by Gasteiger charge is -2.08. The molecule has 3 N–H and O–H groups in total. The second kappa shape index (κ2) is 6.17. The number of anilines is 2. The van der Waals surface area contributed by atoms with Crippen molar-refractivity contribution in [3.63, 3.8) is 0 Å². The molecule has 1 aromatic carbocycles. The third-order valence-corrected chi connectivity index (χ3v) is 3.61. The molecule has 0 saturated carbocycles. The number of aromatic nitrogens is 4. The first-order valence-electron chi connectivity index (χ1n) is 7.31. The molecule has 136 valence electrons. The molecule has 0 spiro atoms. The maximum absolute atomic E-state index is 12.6. The van der Waals surface area contributed by atoms with Gasteiger partial charge in [0.05, 0.1) is 11.9 Å². The van der Waals surface area contributed by atoms with Gasteiger partial charge in [-0.3, -0.25) is 18.8 Å². The van der Waals surface area contributed by atoms with Gasteiger partial charge in [-0.05, 0) is 24.3 Å². The Labute approximate surface area is 144 Å². The number of aryl methyl sites for hydroxylation is 1. The van der Waals surface area contributed by atoms with Gasteiger partial charge in [0.2, 0.25) is 5.91 Å². The largest absolute Gasteiger partial charge is 0.416 e. The molecule has 0 radical (unpaired) electrons. The van der Waals surface area contributed by atoms with Crippen LogP contribution in [0, 0.1) is 0 Å². The number of hydrogen-bond donors (Lipinski definition) is 2. The Morgan fingerprint density at radius 2 is 1.92 bits per heavy atom. The minimum absolute atomic E-state index is 0.128. The Kier molecular flexibility index (Phi) is 4.14.